The van der Waals surface area contributed by atoms with Crippen molar-refractivity contribution in [1.29, 1.82) is 0 Å². The van der Waals surface area contributed by atoms with Gasteiger partial charge in [-0.2, -0.15) is 0 Å². The molecular formula is C15H16N2O3. The number of hydrogen-bond acceptors (Lipinski definition) is 3. The summed E-state index contributed by atoms with van der Waals surface area (Å²) < 4.78 is 0. The first-order chi connectivity index (χ1) is 9.47. The van der Waals surface area contributed by atoms with Crippen LogP contribution in [0.25, 0.3) is 0 Å². The summed E-state index contributed by atoms with van der Waals surface area (Å²) in [4.78, 5) is 29.3. The van der Waals surface area contributed by atoms with Crippen LogP contribution in [0, 0.1) is 13.8 Å². The van der Waals surface area contributed by atoms with E-state index in [2.05, 4.69) is 9.97 Å². The SMILES string of the molecule is Cc1ccc(CCc2nc(C)c(C(=O)O)c(=O)[nH]2)cc1. The summed E-state index contributed by atoms with van der Waals surface area (Å²) in [7, 11) is 0. The summed E-state index contributed by atoms with van der Waals surface area (Å²) >= 11 is 0. The first-order valence-electron chi connectivity index (χ1n) is 6.36. The van der Waals surface area contributed by atoms with E-state index in [1.165, 1.54) is 12.5 Å². The molecule has 5 nitrogen and oxygen atoms in total. The number of aromatic carboxylic acids is 1. The summed E-state index contributed by atoms with van der Waals surface area (Å²) in [5.74, 6) is -0.737. The zero-order valence-corrected chi connectivity index (χ0v) is 11.4. The molecule has 2 N–H and O–H groups in total. The molecule has 0 radical (unpaired) electrons. The number of aryl methyl sites for hydroxylation is 4. The molecule has 0 saturated heterocycles. The van der Waals surface area contributed by atoms with Gasteiger partial charge in [-0.05, 0) is 25.8 Å². The lowest BCUT2D eigenvalue weighted by molar-refractivity contribution is 0.0693. The van der Waals surface area contributed by atoms with Crippen LogP contribution < -0.4 is 5.56 Å². The molecule has 0 unspecified atom stereocenters. The van der Waals surface area contributed by atoms with Crippen molar-refractivity contribution in [1.82, 2.24) is 9.97 Å². The maximum atomic E-state index is 11.7. The predicted octanol–water partition coefficient (Wildman–Crippen LogP) is 1.87. The van der Waals surface area contributed by atoms with Gasteiger partial charge in [-0.1, -0.05) is 29.8 Å². The number of nitrogens with zero attached hydrogens (tertiary/aromatic N) is 1. The minimum atomic E-state index is -1.25. The lowest BCUT2D eigenvalue weighted by Crippen LogP contribution is -2.23. The first kappa shape index (κ1) is 14.0. The number of carboxylic acid groups (broad SMARTS) is 1. The quantitative estimate of drug-likeness (QED) is 0.890. The fourth-order valence-electron chi connectivity index (χ4n) is 2.03. The highest BCUT2D eigenvalue weighted by Gasteiger charge is 2.14. The maximum Gasteiger partial charge on any atom is 0.343 e. The Hall–Kier alpha value is -2.43. The van der Waals surface area contributed by atoms with E-state index in [0.29, 0.717) is 12.2 Å². The molecule has 1 aromatic carbocycles. The van der Waals surface area contributed by atoms with Gasteiger partial charge in [0.15, 0.2) is 0 Å². The second-order valence-corrected chi connectivity index (χ2v) is 4.76. The summed E-state index contributed by atoms with van der Waals surface area (Å²) in [5, 5.41) is 8.91. The van der Waals surface area contributed by atoms with Crippen molar-refractivity contribution in [2.75, 3.05) is 0 Å². The van der Waals surface area contributed by atoms with E-state index in [1.807, 2.05) is 31.2 Å². The Morgan fingerprint density at radius 2 is 1.85 bits per heavy atom. The molecule has 2 rings (SSSR count). The molecule has 0 fully saturated rings. The number of hydrogen-bond donors (Lipinski definition) is 2. The van der Waals surface area contributed by atoms with Crippen LogP contribution in [0.2, 0.25) is 0 Å². The molecule has 0 aliphatic rings. The molecule has 0 amide bonds. The Kier molecular flexibility index (Phi) is 3.98. The Bertz CT molecular complexity index is 687. The summed E-state index contributed by atoms with van der Waals surface area (Å²) in [5.41, 5.74) is 1.72. The van der Waals surface area contributed by atoms with Crippen LogP contribution in [0.5, 0.6) is 0 Å². The lowest BCUT2D eigenvalue weighted by Gasteiger charge is -2.05. The van der Waals surface area contributed by atoms with Crippen LogP contribution in [0.4, 0.5) is 0 Å². The van der Waals surface area contributed by atoms with Crippen molar-refractivity contribution in [2.45, 2.75) is 26.7 Å². The third-order valence-electron chi connectivity index (χ3n) is 3.13. The van der Waals surface area contributed by atoms with Crippen LogP contribution in [0.15, 0.2) is 29.1 Å². The molecule has 0 aliphatic carbocycles. The fourth-order valence-corrected chi connectivity index (χ4v) is 2.03. The highest BCUT2D eigenvalue weighted by molar-refractivity contribution is 5.88. The van der Waals surface area contributed by atoms with Gasteiger partial charge in [0.1, 0.15) is 11.4 Å². The minimum Gasteiger partial charge on any atom is -0.477 e. The fraction of sp³-hybridized carbons (Fsp3) is 0.267. The number of H-pyrrole nitrogens is 1. The van der Waals surface area contributed by atoms with Crippen molar-refractivity contribution in [3.8, 4) is 0 Å². The Labute approximate surface area is 116 Å². The molecule has 0 saturated carbocycles. The van der Waals surface area contributed by atoms with E-state index in [4.69, 9.17) is 5.11 Å². The summed E-state index contributed by atoms with van der Waals surface area (Å²) in [6.45, 7) is 3.56. The molecule has 2 aromatic rings. The standard InChI is InChI=1S/C15H16N2O3/c1-9-3-5-11(6-4-9)7-8-12-16-10(2)13(15(19)20)14(18)17-12/h3-6H,7-8H2,1-2H3,(H,19,20)(H,16,17,18). The lowest BCUT2D eigenvalue weighted by atomic mass is 10.1. The van der Waals surface area contributed by atoms with Gasteiger partial charge in [-0.15, -0.1) is 0 Å². The molecule has 1 heterocycles. The van der Waals surface area contributed by atoms with E-state index in [0.717, 1.165) is 12.0 Å². The maximum absolute atomic E-state index is 11.7. The molecule has 104 valence electrons. The van der Waals surface area contributed by atoms with Crippen LogP contribution in [0.3, 0.4) is 0 Å². The normalized spacial score (nSPS) is 10.5. The predicted molar refractivity (Wildman–Crippen MR) is 75.1 cm³/mol. The van der Waals surface area contributed by atoms with Crippen molar-refractivity contribution >= 4 is 5.97 Å². The number of nitrogens with one attached hydrogen (secondary N) is 1. The number of benzene rings is 1. The van der Waals surface area contributed by atoms with Gasteiger partial charge in [0, 0.05) is 6.42 Å². The monoisotopic (exact) mass is 272 g/mol. The van der Waals surface area contributed by atoms with Gasteiger partial charge >= 0.3 is 5.97 Å². The number of carboxylic acids is 1. The van der Waals surface area contributed by atoms with Crippen molar-refractivity contribution in [2.24, 2.45) is 0 Å². The van der Waals surface area contributed by atoms with E-state index >= 15 is 0 Å². The molecule has 0 bridgehead atoms. The number of rotatable bonds is 4. The highest BCUT2D eigenvalue weighted by Crippen LogP contribution is 2.07. The zero-order chi connectivity index (χ0) is 14.7. The second-order valence-electron chi connectivity index (χ2n) is 4.76. The topological polar surface area (TPSA) is 83.0 Å². The van der Waals surface area contributed by atoms with Gasteiger partial charge in [-0.25, -0.2) is 9.78 Å². The summed E-state index contributed by atoms with van der Waals surface area (Å²) in [6.07, 6.45) is 1.31. The van der Waals surface area contributed by atoms with Gasteiger partial charge in [0.25, 0.3) is 5.56 Å². The van der Waals surface area contributed by atoms with E-state index < -0.39 is 11.5 Å². The average Bonchev–Trinajstić information content (AvgIpc) is 2.37. The third kappa shape index (κ3) is 3.12. The first-order valence-corrected chi connectivity index (χ1v) is 6.36. The van der Waals surface area contributed by atoms with Crippen molar-refractivity contribution in [3.63, 3.8) is 0 Å². The van der Waals surface area contributed by atoms with Crippen LogP contribution in [0.1, 0.15) is 33.0 Å². The average molecular weight is 272 g/mol. The zero-order valence-electron chi connectivity index (χ0n) is 11.4. The van der Waals surface area contributed by atoms with Crippen molar-refractivity contribution in [3.05, 3.63) is 62.8 Å². The van der Waals surface area contributed by atoms with Gasteiger partial charge in [0.2, 0.25) is 0 Å². The number of aromatic amines is 1. The number of aromatic nitrogens is 2. The van der Waals surface area contributed by atoms with Crippen molar-refractivity contribution < 1.29 is 9.90 Å². The van der Waals surface area contributed by atoms with E-state index in [-0.39, 0.29) is 11.3 Å². The Morgan fingerprint density at radius 3 is 2.40 bits per heavy atom. The Balaban J connectivity index is 2.17. The second kappa shape index (κ2) is 5.69. The molecular weight excluding hydrogens is 256 g/mol. The number of carbonyl (C=O) groups is 1. The largest absolute Gasteiger partial charge is 0.477 e. The van der Waals surface area contributed by atoms with Crippen LogP contribution in [-0.2, 0) is 12.8 Å². The molecule has 5 heteroatoms. The minimum absolute atomic E-state index is 0.250. The smallest absolute Gasteiger partial charge is 0.343 e. The molecule has 1 aromatic heterocycles. The molecule has 20 heavy (non-hydrogen) atoms. The van der Waals surface area contributed by atoms with Gasteiger partial charge in [-0.3, -0.25) is 4.79 Å². The summed E-state index contributed by atoms with van der Waals surface area (Å²) in [6, 6.07) is 8.13. The van der Waals surface area contributed by atoms with Gasteiger partial charge < -0.3 is 10.1 Å². The molecule has 0 spiro atoms. The van der Waals surface area contributed by atoms with E-state index in [1.54, 1.807) is 0 Å². The molecule has 0 aliphatic heterocycles. The molecule has 0 atom stereocenters. The van der Waals surface area contributed by atoms with E-state index in [9.17, 15) is 9.59 Å². The van der Waals surface area contributed by atoms with Gasteiger partial charge in [0.05, 0.1) is 5.69 Å². The third-order valence-corrected chi connectivity index (χ3v) is 3.13. The highest BCUT2D eigenvalue weighted by atomic mass is 16.4. The van der Waals surface area contributed by atoms with Crippen LogP contribution in [-0.4, -0.2) is 21.0 Å². The Morgan fingerprint density at radius 1 is 1.20 bits per heavy atom. The van der Waals surface area contributed by atoms with Crippen LogP contribution >= 0.6 is 0 Å².